The molecule has 0 amide bonds. The average Bonchev–Trinajstić information content (AvgIpc) is 2.85. The van der Waals surface area contributed by atoms with Crippen molar-refractivity contribution >= 4 is 11.8 Å². The molecule has 0 saturated carbocycles. The molecule has 21 heavy (non-hydrogen) atoms. The zero-order valence-corrected chi connectivity index (χ0v) is 14.9. The fourth-order valence-corrected chi connectivity index (χ4v) is 7.38. The molecule has 2 heterocycles. The molecule has 0 spiro atoms. The molecule has 4 unspecified atom stereocenters. The SMILES string of the molecule is CC(C)(C)N1C2Cc3ccccc3C2C2SC21C(C)(C)C. The molecule has 3 aliphatic rings. The average molecular weight is 301 g/mol. The van der Waals surface area contributed by atoms with Crippen molar-refractivity contribution in [3.8, 4) is 0 Å². The van der Waals surface area contributed by atoms with E-state index in [0.29, 0.717) is 16.3 Å². The van der Waals surface area contributed by atoms with E-state index >= 15 is 0 Å². The molecule has 4 rings (SSSR count). The van der Waals surface area contributed by atoms with Gasteiger partial charge in [0.15, 0.2) is 0 Å². The van der Waals surface area contributed by atoms with Crippen molar-refractivity contribution < 1.29 is 0 Å². The Morgan fingerprint density at radius 2 is 1.76 bits per heavy atom. The van der Waals surface area contributed by atoms with Crippen molar-refractivity contribution in [2.45, 2.75) is 75.6 Å². The second kappa shape index (κ2) is 3.89. The van der Waals surface area contributed by atoms with Gasteiger partial charge in [-0.2, -0.15) is 0 Å². The lowest BCUT2D eigenvalue weighted by Gasteiger charge is -2.48. The Labute approximate surface area is 133 Å². The van der Waals surface area contributed by atoms with Crippen LogP contribution in [0.5, 0.6) is 0 Å². The Kier molecular flexibility index (Phi) is 2.62. The van der Waals surface area contributed by atoms with Crippen LogP contribution in [0.1, 0.15) is 58.6 Å². The zero-order valence-electron chi connectivity index (χ0n) is 14.1. The van der Waals surface area contributed by atoms with E-state index in [1.165, 1.54) is 6.42 Å². The number of nitrogens with zero attached hydrogens (tertiary/aromatic N) is 1. The zero-order chi connectivity index (χ0) is 15.2. The highest BCUT2D eigenvalue weighted by molar-refractivity contribution is 8.08. The normalized spacial score (nSPS) is 38.1. The van der Waals surface area contributed by atoms with Gasteiger partial charge in [-0.1, -0.05) is 45.0 Å². The van der Waals surface area contributed by atoms with Crippen LogP contribution in [-0.2, 0) is 6.42 Å². The van der Waals surface area contributed by atoms with Gasteiger partial charge in [0.2, 0.25) is 0 Å². The number of benzene rings is 1. The largest absolute Gasteiger partial charge is 0.279 e. The summed E-state index contributed by atoms with van der Waals surface area (Å²) in [5.74, 6) is 0.740. The third-order valence-corrected chi connectivity index (χ3v) is 7.76. The Bertz CT molecular complexity index is 594. The van der Waals surface area contributed by atoms with Crippen molar-refractivity contribution in [3.05, 3.63) is 35.4 Å². The van der Waals surface area contributed by atoms with Gasteiger partial charge in [-0.25, -0.2) is 0 Å². The van der Waals surface area contributed by atoms with Gasteiger partial charge in [0.05, 0.1) is 4.87 Å². The molecule has 1 aromatic rings. The summed E-state index contributed by atoms with van der Waals surface area (Å²) in [4.78, 5) is 3.23. The molecule has 2 aliphatic heterocycles. The highest BCUT2D eigenvalue weighted by Crippen LogP contribution is 2.77. The van der Waals surface area contributed by atoms with E-state index < -0.39 is 0 Å². The standard InChI is InChI=1S/C19H27NS/c1-17(2,3)19-16(21-19)15-13-10-8-7-9-12(13)11-14(15)20(19)18(4,5)6/h7-10,14-16H,11H2,1-6H3. The van der Waals surface area contributed by atoms with Gasteiger partial charge in [-0.3, -0.25) is 4.90 Å². The minimum atomic E-state index is 0.233. The Morgan fingerprint density at radius 1 is 1.10 bits per heavy atom. The molecular formula is C19H27NS. The van der Waals surface area contributed by atoms with Gasteiger partial charge in [0.1, 0.15) is 0 Å². The lowest BCUT2D eigenvalue weighted by molar-refractivity contribution is 0.0189. The molecule has 2 saturated heterocycles. The van der Waals surface area contributed by atoms with Crippen LogP contribution in [0.25, 0.3) is 0 Å². The predicted octanol–water partition coefficient (Wildman–Crippen LogP) is 4.67. The van der Waals surface area contributed by atoms with Crippen LogP contribution in [0.2, 0.25) is 0 Å². The van der Waals surface area contributed by atoms with E-state index in [9.17, 15) is 0 Å². The summed E-state index contributed by atoms with van der Waals surface area (Å²) in [5, 5.41) is 0.783. The molecule has 0 aromatic heterocycles. The number of hydrogen-bond acceptors (Lipinski definition) is 2. The number of thioether (sulfide) groups is 1. The van der Waals surface area contributed by atoms with E-state index in [0.717, 1.165) is 11.2 Å². The van der Waals surface area contributed by atoms with E-state index in [2.05, 4.69) is 82.5 Å². The van der Waals surface area contributed by atoms with Crippen LogP contribution >= 0.6 is 11.8 Å². The third kappa shape index (κ3) is 1.64. The summed E-state index contributed by atoms with van der Waals surface area (Å²) in [6.45, 7) is 14.5. The second-order valence-electron chi connectivity index (χ2n) is 9.02. The van der Waals surface area contributed by atoms with Gasteiger partial charge in [-0.15, -0.1) is 11.8 Å². The molecule has 1 nitrogen and oxygen atoms in total. The number of rotatable bonds is 0. The van der Waals surface area contributed by atoms with E-state index in [1.807, 2.05) is 0 Å². The topological polar surface area (TPSA) is 3.24 Å². The van der Waals surface area contributed by atoms with Crippen molar-refractivity contribution in [2.24, 2.45) is 5.41 Å². The molecule has 1 aliphatic carbocycles. The molecule has 1 aromatic carbocycles. The Balaban J connectivity index is 1.84. The molecule has 0 bridgehead atoms. The van der Waals surface area contributed by atoms with Crippen molar-refractivity contribution in [3.63, 3.8) is 0 Å². The highest BCUT2D eigenvalue weighted by atomic mass is 32.2. The minimum absolute atomic E-state index is 0.233. The fraction of sp³-hybridized carbons (Fsp3) is 0.684. The fourth-order valence-electron chi connectivity index (χ4n) is 5.10. The maximum absolute atomic E-state index is 2.89. The summed E-state index contributed by atoms with van der Waals surface area (Å²) in [6, 6.07) is 9.87. The lowest BCUT2D eigenvalue weighted by atomic mass is 9.81. The van der Waals surface area contributed by atoms with Gasteiger partial charge in [-0.05, 0) is 43.7 Å². The third-order valence-electron chi connectivity index (χ3n) is 5.71. The molecule has 0 radical (unpaired) electrons. The lowest BCUT2D eigenvalue weighted by Crippen LogP contribution is -2.56. The second-order valence-corrected chi connectivity index (χ2v) is 10.4. The Hall–Kier alpha value is -0.470. The molecule has 0 N–H and O–H groups in total. The van der Waals surface area contributed by atoms with Crippen LogP contribution in [-0.4, -0.2) is 26.6 Å². The number of hydrogen-bond donors (Lipinski definition) is 0. The number of fused-ring (bicyclic) bond motifs is 5. The summed E-state index contributed by atoms with van der Waals surface area (Å²) in [7, 11) is 0. The maximum atomic E-state index is 2.89. The first-order valence-electron chi connectivity index (χ1n) is 8.23. The van der Waals surface area contributed by atoms with Gasteiger partial charge in [0, 0.05) is 22.7 Å². The van der Waals surface area contributed by atoms with E-state index in [4.69, 9.17) is 0 Å². The summed E-state index contributed by atoms with van der Waals surface area (Å²) < 4.78 is 0. The maximum Gasteiger partial charge on any atom is 0.0856 e. The van der Waals surface area contributed by atoms with Crippen molar-refractivity contribution in [1.82, 2.24) is 4.90 Å². The molecular weight excluding hydrogens is 274 g/mol. The van der Waals surface area contributed by atoms with Crippen molar-refractivity contribution in [2.75, 3.05) is 0 Å². The monoisotopic (exact) mass is 301 g/mol. The quantitative estimate of drug-likeness (QED) is 0.641. The number of likely N-dealkylation sites (tertiary alicyclic amines) is 1. The Morgan fingerprint density at radius 3 is 2.38 bits per heavy atom. The molecule has 2 fully saturated rings. The van der Waals surface area contributed by atoms with E-state index in [1.54, 1.807) is 11.1 Å². The van der Waals surface area contributed by atoms with Crippen LogP contribution < -0.4 is 0 Å². The first-order valence-corrected chi connectivity index (χ1v) is 9.11. The van der Waals surface area contributed by atoms with Crippen LogP contribution in [0.15, 0.2) is 24.3 Å². The van der Waals surface area contributed by atoms with Gasteiger partial charge in [0.25, 0.3) is 0 Å². The van der Waals surface area contributed by atoms with Gasteiger partial charge >= 0.3 is 0 Å². The molecule has 114 valence electrons. The first kappa shape index (κ1) is 14.1. The predicted molar refractivity (Wildman–Crippen MR) is 91.8 cm³/mol. The van der Waals surface area contributed by atoms with Crippen LogP contribution in [0, 0.1) is 5.41 Å². The smallest absolute Gasteiger partial charge is 0.0856 e. The van der Waals surface area contributed by atoms with Crippen LogP contribution in [0.4, 0.5) is 0 Å². The highest BCUT2D eigenvalue weighted by Gasteiger charge is 2.77. The molecule has 4 atom stereocenters. The van der Waals surface area contributed by atoms with Crippen molar-refractivity contribution in [1.29, 1.82) is 0 Å². The summed E-state index contributed by atoms with van der Waals surface area (Å²) in [6.07, 6.45) is 1.24. The molecule has 2 heteroatoms. The minimum Gasteiger partial charge on any atom is -0.279 e. The van der Waals surface area contributed by atoms with E-state index in [-0.39, 0.29) is 5.54 Å². The first-order chi connectivity index (χ1) is 9.68. The summed E-state index contributed by atoms with van der Waals surface area (Å²) in [5.41, 5.74) is 3.79. The van der Waals surface area contributed by atoms with Crippen LogP contribution in [0.3, 0.4) is 0 Å². The van der Waals surface area contributed by atoms with Gasteiger partial charge < -0.3 is 0 Å². The summed E-state index contributed by atoms with van der Waals surface area (Å²) >= 11 is 2.23.